The van der Waals surface area contributed by atoms with Crippen molar-refractivity contribution < 1.29 is 4.79 Å². The van der Waals surface area contributed by atoms with E-state index in [0.717, 1.165) is 19.6 Å². The van der Waals surface area contributed by atoms with E-state index in [4.69, 9.17) is 0 Å². The first-order valence-electron chi connectivity index (χ1n) is 5.25. The number of hydrogen-bond acceptors (Lipinski definition) is 3. The average Bonchev–Trinajstić information content (AvgIpc) is 2.26. The summed E-state index contributed by atoms with van der Waals surface area (Å²) < 4.78 is 0. The van der Waals surface area contributed by atoms with Crippen molar-refractivity contribution in [1.82, 2.24) is 10.6 Å². The van der Waals surface area contributed by atoms with Crippen LogP contribution in [0.4, 0.5) is 0 Å². The normalized spacial score (nSPS) is 24.3. The number of carbonyl (C=O) groups is 1. The summed E-state index contributed by atoms with van der Waals surface area (Å²) in [5.41, 5.74) is 0. The van der Waals surface area contributed by atoms with Gasteiger partial charge < -0.3 is 10.6 Å². The van der Waals surface area contributed by atoms with Crippen LogP contribution >= 0.6 is 11.8 Å². The van der Waals surface area contributed by atoms with Crippen LogP contribution in [-0.4, -0.2) is 37.0 Å². The number of carbonyl (C=O) groups excluding carboxylic acids is 1. The second-order valence-electron chi connectivity index (χ2n) is 3.84. The largest absolute Gasteiger partial charge is 0.355 e. The Bertz CT molecular complexity index is 181. The number of rotatable bonds is 4. The minimum absolute atomic E-state index is 0.0755. The SMILES string of the molecule is CS[C@@H](C)C(=O)NC[C@@H]1CCCNC1. The van der Waals surface area contributed by atoms with E-state index in [0.29, 0.717) is 5.92 Å². The Morgan fingerprint density at radius 3 is 3.07 bits per heavy atom. The highest BCUT2D eigenvalue weighted by atomic mass is 32.2. The number of amides is 1. The molecule has 1 fully saturated rings. The van der Waals surface area contributed by atoms with Gasteiger partial charge in [0.15, 0.2) is 0 Å². The zero-order valence-corrected chi connectivity index (χ0v) is 9.82. The molecule has 0 bridgehead atoms. The van der Waals surface area contributed by atoms with Gasteiger partial charge in [0, 0.05) is 6.54 Å². The average molecular weight is 216 g/mol. The third-order valence-corrected chi connectivity index (χ3v) is 3.61. The third kappa shape index (κ3) is 3.88. The molecule has 1 rings (SSSR count). The molecule has 0 aromatic carbocycles. The van der Waals surface area contributed by atoms with Crippen LogP contribution in [0.5, 0.6) is 0 Å². The van der Waals surface area contributed by atoms with Crippen LogP contribution < -0.4 is 10.6 Å². The molecule has 0 aromatic rings. The lowest BCUT2D eigenvalue weighted by Gasteiger charge is -2.23. The standard InChI is InChI=1S/C10H20N2OS/c1-8(14-2)10(13)12-7-9-4-3-5-11-6-9/h8-9,11H,3-7H2,1-2H3,(H,12,13)/t8-,9+/m0/s1. The summed E-state index contributed by atoms with van der Waals surface area (Å²) in [6.45, 7) is 4.95. The molecule has 2 atom stereocenters. The van der Waals surface area contributed by atoms with Crippen LogP contribution in [0, 0.1) is 5.92 Å². The maximum absolute atomic E-state index is 11.5. The molecule has 1 heterocycles. The lowest BCUT2D eigenvalue weighted by Crippen LogP contribution is -2.40. The molecule has 0 aliphatic carbocycles. The van der Waals surface area contributed by atoms with Crippen molar-refractivity contribution in [2.24, 2.45) is 5.92 Å². The van der Waals surface area contributed by atoms with E-state index >= 15 is 0 Å². The van der Waals surface area contributed by atoms with Crippen LogP contribution in [0.1, 0.15) is 19.8 Å². The Morgan fingerprint density at radius 2 is 2.50 bits per heavy atom. The molecule has 1 amide bonds. The topological polar surface area (TPSA) is 41.1 Å². The summed E-state index contributed by atoms with van der Waals surface area (Å²) in [6, 6.07) is 0. The first-order chi connectivity index (χ1) is 6.74. The van der Waals surface area contributed by atoms with Crippen molar-refractivity contribution in [3.8, 4) is 0 Å². The Morgan fingerprint density at radius 1 is 1.71 bits per heavy atom. The van der Waals surface area contributed by atoms with E-state index in [2.05, 4.69) is 10.6 Å². The van der Waals surface area contributed by atoms with Crippen LogP contribution in [0.3, 0.4) is 0 Å². The molecule has 3 nitrogen and oxygen atoms in total. The van der Waals surface area contributed by atoms with Gasteiger partial charge in [-0.1, -0.05) is 0 Å². The molecule has 0 saturated carbocycles. The number of thioether (sulfide) groups is 1. The number of hydrogen-bond donors (Lipinski definition) is 2. The summed E-state index contributed by atoms with van der Waals surface area (Å²) in [7, 11) is 0. The van der Waals surface area contributed by atoms with Crippen LogP contribution in [0.15, 0.2) is 0 Å². The summed E-state index contributed by atoms with van der Waals surface area (Å²) in [6.07, 6.45) is 4.44. The van der Waals surface area contributed by atoms with Gasteiger partial charge in [-0.15, -0.1) is 0 Å². The van der Waals surface area contributed by atoms with E-state index in [1.807, 2.05) is 13.2 Å². The van der Waals surface area contributed by atoms with Crippen molar-refractivity contribution in [2.45, 2.75) is 25.0 Å². The zero-order chi connectivity index (χ0) is 10.4. The minimum Gasteiger partial charge on any atom is -0.355 e. The molecule has 2 N–H and O–H groups in total. The molecule has 0 unspecified atom stereocenters. The summed E-state index contributed by atoms with van der Waals surface area (Å²) in [5, 5.41) is 6.42. The zero-order valence-electron chi connectivity index (χ0n) is 9.01. The predicted molar refractivity (Wildman–Crippen MR) is 61.6 cm³/mol. The second kappa shape index (κ2) is 6.30. The van der Waals surface area contributed by atoms with E-state index in [1.54, 1.807) is 11.8 Å². The van der Waals surface area contributed by atoms with Gasteiger partial charge >= 0.3 is 0 Å². The highest BCUT2D eigenvalue weighted by molar-refractivity contribution is 7.99. The molecule has 14 heavy (non-hydrogen) atoms. The molecule has 82 valence electrons. The molecular weight excluding hydrogens is 196 g/mol. The van der Waals surface area contributed by atoms with Gasteiger partial charge in [-0.05, 0) is 45.0 Å². The minimum atomic E-state index is 0.0755. The smallest absolute Gasteiger partial charge is 0.232 e. The van der Waals surface area contributed by atoms with Crippen LogP contribution in [0.25, 0.3) is 0 Å². The van der Waals surface area contributed by atoms with E-state index in [9.17, 15) is 4.79 Å². The summed E-state index contributed by atoms with van der Waals surface area (Å²) in [4.78, 5) is 11.5. The number of piperidine rings is 1. The van der Waals surface area contributed by atoms with Crippen LogP contribution in [-0.2, 0) is 4.79 Å². The second-order valence-corrected chi connectivity index (χ2v) is 5.01. The van der Waals surface area contributed by atoms with E-state index in [1.165, 1.54) is 12.8 Å². The summed E-state index contributed by atoms with van der Waals surface area (Å²) in [5.74, 6) is 0.796. The quantitative estimate of drug-likeness (QED) is 0.732. The Hall–Kier alpha value is -0.220. The summed E-state index contributed by atoms with van der Waals surface area (Å²) >= 11 is 1.59. The van der Waals surface area contributed by atoms with Gasteiger partial charge in [-0.2, -0.15) is 11.8 Å². The highest BCUT2D eigenvalue weighted by Gasteiger charge is 2.15. The molecule has 1 aliphatic heterocycles. The molecule has 4 heteroatoms. The first-order valence-corrected chi connectivity index (χ1v) is 6.54. The Kier molecular flexibility index (Phi) is 5.33. The fourth-order valence-electron chi connectivity index (χ4n) is 1.59. The Balaban J connectivity index is 2.15. The van der Waals surface area contributed by atoms with Crippen molar-refractivity contribution in [3.05, 3.63) is 0 Å². The highest BCUT2D eigenvalue weighted by Crippen LogP contribution is 2.09. The van der Waals surface area contributed by atoms with E-state index < -0.39 is 0 Å². The van der Waals surface area contributed by atoms with Crippen molar-refractivity contribution in [1.29, 1.82) is 0 Å². The van der Waals surface area contributed by atoms with Crippen molar-refractivity contribution in [2.75, 3.05) is 25.9 Å². The van der Waals surface area contributed by atoms with Crippen LogP contribution in [0.2, 0.25) is 0 Å². The van der Waals surface area contributed by atoms with Gasteiger partial charge in [0.2, 0.25) is 5.91 Å². The first kappa shape index (κ1) is 11.9. The number of nitrogens with one attached hydrogen (secondary N) is 2. The fraction of sp³-hybridized carbons (Fsp3) is 0.900. The van der Waals surface area contributed by atoms with Gasteiger partial charge in [-0.3, -0.25) is 4.79 Å². The lowest BCUT2D eigenvalue weighted by atomic mass is 10.00. The maximum atomic E-state index is 11.5. The molecule has 0 aromatic heterocycles. The molecule has 1 aliphatic rings. The third-order valence-electron chi connectivity index (χ3n) is 2.69. The fourth-order valence-corrected chi connectivity index (χ4v) is 1.89. The van der Waals surface area contributed by atoms with Gasteiger partial charge in [0.05, 0.1) is 5.25 Å². The van der Waals surface area contributed by atoms with E-state index in [-0.39, 0.29) is 11.2 Å². The molecular formula is C10H20N2OS. The monoisotopic (exact) mass is 216 g/mol. The van der Waals surface area contributed by atoms with Gasteiger partial charge in [0.25, 0.3) is 0 Å². The van der Waals surface area contributed by atoms with Gasteiger partial charge in [0.1, 0.15) is 0 Å². The van der Waals surface area contributed by atoms with Crippen molar-refractivity contribution in [3.63, 3.8) is 0 Å². The Labute approximate surface area is 90.4 Å². The maximum Gasteiger partial charge on any atom is 0.232 e. The van der Waals surface area contributed by atoms with Crippen molar-refractivity contribution >= 4 is 17.7 Å². The predicted octanol–water partition coefficient (Wildman–Crippen LogP) is 0.854. The molecule has 0 radical (unpaired) electrons. The molecule has 1 saturated heterocycles. The van der Waals surface area contributed by atoms with Gasteiger partial charge in [-0.25, -0.2) is 0 Å². The molecule has 0 spiro atoms. The lowest BCUT2D eigenvalue weighted by molar-refractivity contribution is -0.120.